The molecule has 3 rings (SSSR count). The molecule has 0 aliphatic carbocycles. The van der Waals surface area contributed by atoms with E-state index in [9.17, 15) is 18.0 Å². The molecule has 3 N–H and O–H groups in total. The number of para-hydroxylation sites is 1. The zero-order valence-electron chi connectivity index (χ0n) is 19.1. The Morgan fingerprint density at radius 3 is 2.26 bits per heavy atom. The average molecular weight is 500 g/mol. The Labute approximate surface area is 204 Å². The number of anilines is 2. The van der Waals surface area contributed by atoms with Crippen molar-refractivity contribution in [2.45, 2.75) is 25.7 Å². The van der Waals surface area contributed by atoms with Crippen LogP contribution in [0.4, 0.5) is 11.4 Å². The normalized spacial score (nSPS) is 11.2. The summed E-state index contributed by atoms with van der Waals surface area (Å²) in [7, 11) is -3.85. The van der Waals surface area contributed by atoms with E-state index in [0.29, 0.717) is 17.8 Å². The van der Waals surface area contributed by atoms with Gasteiger partial charge < -0.3 is 10.6 Å². The van der Waals surface area contributed by atoms with Crippen LogP contribution in [0.5, 0.6) is 0 Å². The second-order valence-corrected chi connectivity index (χ2v) is 10.3. The van der Waals surface area contributed by atoms with Crippen LogP contribution >= 0.6 is 11.6 Å². The third kappa shape index (κ3) is 6.36. The summed E-state index contributed by atoms with van der Waals surface area (Å²) in [4.78, 5) is 25.7. The highest BCUT2D eigenvalue weighted by atomic mass is 35.5. The lowest BCUT2D eigenvalue weighted by molar-refractivity contribution is 0.0950. The molecule has 0 bridgehead atoms. The number of carbonyl (C=O) groups is 2. The third-order valence-corrected chi connectivity index (χ3v) is 6.61. The zero-order valence-corrected chi connectivity index (χ0v) is 20.6. The molecule has 0 unspecified atom stereocenters. The lowest BCUT2D eigenvalue weighted by Crippen LogP contribution is -2.28. The smallest absolute Gasteiger partial charge is 0.261 e. The molecule has 3 aromatic carbocycles. The molecule has 0 atom stereocenters. The number of sulfonamides is 1. The Morgan fingerprint density at radius 2 is 1.59 bits per heavy atom. The van der Waals surface area contributed by atoms with Crippen molar-refractivity contribution in [1.82, 2.24) is 5.32 Å². The van der Waals surface area contributed by atoms with Gasteiger partial charge in [0.1, 0.15) is 0 Å². The average Bonchev–Trinajstić information content (AvgIpc) is 2.79. The number of aryl methyl sites for hydroxylation is 1. The largest absolute Gasteiger partial charge is 0.352 e. The van der Waals surface area contributed by atoms with Crippen molar-refractivity contribution in [2.24, 2.45) is 5.92 Å². The molecule has 0 radical (unpaired) electrons. The number of amides is 2. The van der Waals surface area contributed by atoms with Crippen molar-refractivity contribution in [2.75, 3.05) is 16.6 Å². The molecule has 0 heterocycles. The molecule has 0 saturated carbocycles. The zero-order chi connectivity index (χ0) is 24.9. The Bertz CT molecular complexity index is 1310. The summed E-state index contributed by atoms with van der Waals surface area (Å²) in [6.45, 7) is 6.32. The van der Waals surface area contributed by atoms with Crippen LogP contribution in [0.3, 0.4) is 0 Å². The van der Waals surface area contributed by atoms with Crippen LogP contribution in [0.15, 0.2) is 71.6 Å². The van der Waals surface area contributed by atoms with Crippen LogP contribution in [0.25, 0.3) is 0 Å². The second kappa shape index (κ2) is 10.7. The van der Waals surface area contributed by atoms with Gasteiger partial charge in [0, 0.05) is 12.2 Å². The van der Waals surface area contributed by atoms with E-state index in [1.165, 1.54) is 30.3 Å². The minimum atomic E-state index is -3.85. The molecule has 34 heavy (non-hydrogen) atoms. The molecule has 0 fully saturated rings. The van der Waals surface area contributed by atoms with Gasteiger partial charge in [0.05, 0.1) is 26.7 Å². The summed E-state index contributed by atoms with van der Waals surface area (Å²) in [6, 6.07) is 17.3. The van der Waals surface area contributed by atoms with Crippen LogP contribution in [0.2, 0.25) is 5.02 Å². The SMILES string of the molecule is Cc1ccc(S(=O)(=O)Nc2ccc(Cl)c(C(=O)Nc3ccccc3C(=O)NCC(C)C)c2)cc1. The fraction of sp³-hybridized carbons (Fsp3) is 0.200. The second-order valence-electron chi connectivity index (χ2n) is 8.22. The Morgan fingerprint density at radius 1 is 0.912 bits per heavy atom. The maximum atomic E-state index is 13.0. The van der Waals surface area contributed by atoms with E-state index in [1.807, 2.05) is 20.8 Å². The van der Waals surface area contributed by atoms with Crippen LogP contribution < -0.4 is 15.4 Å². The number of hydrogen-bond donors (Lipinski definition) is 3. The quantitative estimate of drug-likeness (QED) is 0.401. The number of hydrogen-bond acceptors (Lipinski definition) is 4. The lowest BCUT2D eigenvalue weighted by Gasteiger charge is -2.14. The minimum absolute atomic E-state index is 0.0585. The van der Waals surface area contributed by atoms with E-state index in [2.05, 4.69) is 15.4 Å². The highest BCUT2D eigenvalue weighted by molar-refractivity contribution is 7.92. The van der Waals surface area contributed by atoms with E-state index in [4.69, 9.17) is 11.6 Å². The van der Waals surface area contributed by atoms with Crippen molar-refractivity contribution in [3.63, 3.8) is 0 Å². The Kier molecular flexibility index (Phi) is 7.96. The minimum Gasteiger partial charge on any atom is -0.352 e. The third-order valence-electron chi connectivity index (χ3n) is 4.89. The van der Waals surface area contributed by atoms with Crippen molar-refractivity contribution in [3.05, 3.63) is 88.4 Å². The molecule has 0 spiro atoms. The summed E-state index contributed by atoms with van der Waals surface area (Å²) < 4.78 is 27.9. The molecule has 0 saturated heterocycles. The fourth-order valence-electron chi connectivity index (χ4n) is 3.07. The lowest BCUT2D eigenvalue weighted by atomic mass is 10.1. The highest BCUT2D eigenvalue weighted by Crippen LogP contribution is 2.25. The van der Waals surface area contributed by atoms with E-state index < -0.39 is 15.9 Å². The Hall–Kier alpha value is -3.36. The van der Waals surface area contributed by atoms with Gasteiger partial charge in [0.2, 0.25) is 0 Å². The van der Waals surface area contributed by atoms with E-state index in [1.54, 1.807) is 36.4 Å². The van der Waals surface area contributed by atoms with Crippen LogP contribution in [-0.4, -0.2) is 26.8 Å². The van der Waals surface area contributed by atoms with Crippen molar-refractivity contribution in [3.8, 4) is 0 Å². The van der Waals surface area contributed by atoms with Gasteiger partial charge in [-0.05, 0) is 55.3 Å². The molecule has 178 valence electrons. The van der Waals surface area contributed by atoms with Crippen LogP contribution in [-0.2, 0) is 10.0 Å². The van der Waals surface area contributed by atoms with Gasteiger partial charge in [-0.25, -0.2) is 8.42 Å². The first-order valence-electron chi connectivity index (χ1n) is 10.6. The van der Waals surface area contributed by atoms with Gasteiger partial charge >= 0.3 is 0 Å². The number of rotatable bonds is 8. The van der Waals surface area contributed by atoms with Gasteiger partial charge in [-0.2, -0.15) is 0 Å². The summed E-state index contributed by atoms with van der Waals surface area (Å²) in [5.41, 5.74) is 1.79. The maximum Gasteiger partial charge on any atom is 0.261 e. The highest BCUT2D eigenvalue weighted by Gasteiger charge is 2.19. The first-order valence-corrected chi connectivity index (χ1v) is 12.5. The van der Waals surface area contributed by atoms with Gasteiger partial charge in [-0.15, -0.1) is 0 Å². The van der Waals surface area contributed by atoms with Crippen molar-refractivity contribution < 1.29 is 18.0 Å². The first-order chi connectivity index (χ1) is 16.1. The predicted octanol–water partition coefficient (Wildman–Crippen LogP) is 5.09. The summed E-state index contributed by atoms with van der Waals surface area (Å²) in [6.07, 6.45) is 0. The monoisotopic (exact) mass is 499 g/mol. The topological polar surface area (TPSA) is 104 Å². The van der Waals surface area contributed by atoms with Gasteiger partial charge in [-0.1, -0.05) is 55.3 Å². The molecule has 3 aromatic rings. The summed E-state index contributed by atoms with van der Waals surface area (Å²) >= 11 is 6.23. The van der Waals surface area contributed by atoms with E-state index in [-0.39, 0.29) is 33.0 Å². The maximum absolute atomic E-state index is 13.0. The predicted molar refractivity (Wildman–Crippen MR) is 135 cm³/mol. The number of carbonyl (C=O) groups excluding carboxylic acids is 2. The van der Waals surface area contributed by atoms with E-state index >= 15 is 0 Å². The molecule has 2 amide bonds. The fourth-order valence-corrected chi connectivity index (χ4v) is 4.32. The Balaban J connectivity index is 1.82. The number of halogens is 1. The molecular weight excluding hydrogens is 474 g/mol. The van der Waals surface area contributed by atoms with Crippen LogP contribution in [0.1, 0.15) is 40.1 Å². The molecule has 9 heteroatoms. The van der Waals surface area contributed by atoms with E-state index in [0.717, 1.165) is 5.56 Å². The van der Waals surface area contributed by atoms with Crippen molar-refractivity contribution >= 4 is 44.8 Å². The van der Waals surface area contributed by atoms with Gasteiger partial charge in [0.25, 0.3) is 21.8 Å². The van der Waals surface area contributed by atoms with Crippen molar-refractivity contribution in [1.29, 1.82) is 0 Å². The summed E-state index contributed by atoms with van der Waals surface area (Å²) in [5, 5.41) is 5.66. The number of nitrogens with one attached hydrogen (secondary N) is 3. The van der Waals surface area contributed by atoms with Gasteiger partial charge in [0.15, 0.2) is 0 Å². The molecule has 0 aliphatic rings. The van der Waals surface area contributed by atoms with Crippen LogP contribution in [0, 0.1) is 12.8 Å². The molecular formula is C25H26ClN3O4S. The molecule has 0 aliphatic heterocycles. The van der Waals surface area contributed by atoms with Gasteiger partial charge in [-0.3, -0.25) is 14.3 Å². The standard InChI is InChI=1S/C25H26ClN3O4S/c1-16(2)15-27-24(30)20-6-4-5-7-23(20)28-25(31)21-14-18(10-13-22(21)26)29-34(32,33)19-11-8-17(3)9-12-19/h4-14,16,29H,15H2,1-3H3,(H,27,30)(H,28,31). The summed E-state index contributed by atoms with van der Waals surface area (Å²) in [5.74, 6) is -0.614. The number of benzene rings is 3. The first kappa shape index (κ1) is 25.3. The molecule has 7 nitrogen and oxygen atoms in total. The molecule has 0 aromatic heterocycles.